The number of likely N-dealkylation sites (tertiary alicyclic amines) is 1. The number of cyclic esters (lactones) is 1. The third-order valence-electron chi connectivity index (χ3n) is 13.0. The fourth-order valence-electron chi connectivity index (χ4n) is 9.10. The van der Waals surface area contributed by atoms with Crippen LogP contribution in [0.3, 0.4) is 0 Å². The van der Waals surface area contributed by atoms with Crippen molar-refractivity contribution in [3.63, 3.8) is 0 Å². The Balaban J connectivity index is 0.00000210. The Morgan fingerprint density at radius 1 is 0.809 bits per heavy atom. The number of hydrogen-bond acceptors (Lipinski definition) is 16. The number of ether oxygens (including phenoxy) is 4. The number of thiocarbonyl (C=S) groups is 1. The second-order valence-electron chi connectivity index (χ2n) is 21.7. The molecule has 5 heterocycles. The van der Waals surface area contributed by atoms with Crippen molar-refractivity contribution in [3.8, 4) is 17.1 Å². The summed E-state index contributed by atoms with van der Waals surface area (Å²) in [5.41, 5.74) is 3.06. The number of esters is 2. The number of halogens is 1. The molecule has 0 aliphatic carbocycles. The third-order valence-corrected chi connectivity index (χ3v) is 13.4. The zero-order chi connectivity index (χ0) is 67.1. The van der Waals surface area contributed by atoms with Crippen molar-refractivity contribution in [1.29, 1.82) is 0 Å². The summed E-state index contributed by atoms with van der Waals surface area (Å²) >= 11 is 5.67. The summed E-state index contributed by atoms with van der Waals surface area (Å²) in [4.78, 5) is 113. The average molecular weight is 1270 g/mol. The number of amides is 5. The van der Waals surface area contributed by atoms with Crippen LogP contribution in [-0.2, 0) is 60.9 Å². The lowest BCUT2D eigenvalue weighted by molar-refractivity contribution is -0.173. The Morgan fingerprint density at radius 3 is 2.02 bits per heavy atom. The Bertz CT molecular complexity index is 2990. The maximum atomic E-state index is 13.7. The van der Waals surface area contributed by atoms with Gasteiger partial charge in [-0.3, -0.25) is 28.8 Å². The Hall–Kier alpha value is -7.61. The molecule has 7 rings (SSSR count). The quantitative estimate of drug-likeness (QED) is 0.0142. The van der Waals surface area contributed by atoms with Gasteiger partial charge in [0.2, 0.25) is 35.6 Å². The highest BCUT2D eigenvalue weighted by Gasteiger charge is 2.40. The van der Waals surface area contributed by atoms with E-state index in [0.29, 0.717) is 52.8 Å². The lowest BCUT2D eigenvalue weighted by Crippen LogP contribution is -2.55. The maximum absolute atomic E-state index is 13.7. The van der Waals surface area contributed by atoms with E-state index in [9.17, 15) is 42.7 Å². The zero-order valence-electron chi connectivity index (χ0n) is 54.4. The van der Waals surface area contributed by atoms with Crippen molar-refractivity contribution in [2.45, 2.75) is 166 Å². The molecule has 0 bridgehead atoms. The number of alkyl halides is 1. The van der Waals surface area contributed by atoms with Gasteiger partial charge in [0.1, 0.15) is 30.5 Å². The normalized spacial score (nSPS) is 15.3. The summed E-state index contributed by atoms with van der Waals surface area (Å²) in [7, 11) is 1.00. The van der Waals surface area contributed by atoms with Crippen LogP contribution in [0.1, 0.15) is 145 Å². The molecule has 1 fully saturated rings. The number of nitrogens with zero attached hydrogens (tertiary/aromatic N) is 3. The van der Waals surface area contributed by atoms with Gasteiger partial charge in [0.05, 0.1) is 55.3 Å². The van der Waals surface area contributed by atoms with Gasteiger partial charge >= 0.3 is 11.9 Å². The van der Waals surface area contributed by atoms with Gasteiger partial charge < -0.3 is 70.5 Å². The van der Waals surface area contributed by atoms with Crippen LogP contribution in [0, 0.1) is 23.7 Å². The summed E-state index contributed by atoms with van der Waals surface area (Å²) in [5, 5.41) is 32.8. The first-order chi connectivity index (χ1) is 42.5. The number of aromatic nitrogens is 2. The molecule has 25 heteroatoms. The van der Waals surface area contributed by atoms with Crippen LogP contribution in [0.5, 0.6) is 5.75 Å². The number of pyridine rings is 2. The Labute approximate surface area is 528 Å². The van der Waals surface area contributed by atoms with Crippen LogP contribution in [0.25, 0.3) is 22.3 Å². The van der Waals surface area contributed by atoms with E-state index in [2.05, 4.69) is 52.7 Å². The molecule has 0 radical (unpaired) electrons. The number of hydrogen-bond donors (Lipinski definition) is 8. The topological polar surface area (TPSA) is 307 Å². The van der Waals surface area contributed by atoms with Crippen LogP contribution in [-0.4, -0.2) is 142 Å². The minimum atomic E-state index is -1.90. The highest BCUT2D eigenvalue weighted by atomic mass is 32.1. The number of carbonyl (C=O) groups excluding carboxylic acids is 7. The first kappa shape index (κ1) is 77.5. The minimum absolute atomic E-state index is 0.0255. The predicted octanol–water partition coefficient (Wildman–Crippen LogP) is 6.96. The van der Waals surface area contributed by atoms with E-state index < -0.39 is 103 Å². The number of aliphatic hydroxyl groups excluding tert-OH is 2. The molecule has 2 aromatic heterocycles. The predicted molar refractivity (Wildman–Crippen MR) is 344 cm³/mol. The molecule has 4 unspecified atom stereocenters. The first-order valence-corrected chi connectivity index (χ1v) is 31.0. The van der Waals surface area contributed by atoms with Gasteiger partial charge in [0, 0.05) is 42.3 Å². The monoisotopic (exact) mass is 1270 g/mol. The second kappa shape index (κ2) is 40.1. The number of carbonyl (C=O) groups is 7. The lowest BCUT2D eigenvalue weighted by Gasteiger charge is -2.29. The lowest BCUT2D eigenvalue weighted by atomic mass is 9.99. The maximum Gasteiger partial charge on any atom is 0.352 e. The van der Waals surface area contributed by atoms with Crippen molar-refractivity contribution in [2.75, 3.05) is 52.0 Å². The van der Waals surface area contributed by atoms with Crippen LogP contribution >= 0.6 is 12.2 Å². The van der Waals surface area contributed by atoms with Crippen LogP contribution in [0.4, 0.5) is 10.1 Å². The fraction of sp³-hybridized carbons (Fsp3) is 0.562. The van der Waals surface area contributed by atoms with E-state index >= 15 is 0 Å². The SMILES string of the molecule is CC.CC.CC.CC(C)C.CC(C)C[C@H](NC(=O)C1CCCN1C(=S)Nc1ccc(OCOC[C@@H](C)CC(O)F)cc1)C(=O)NCC(=O)NCC(=O)NCC(=O)NC(C(=O)OC1C(=O)OCc2c1cc1n(c2=O)Cc2cc3ccccc3nc2-1)C(C)C.CO. The summed E-state index contributed by atoms with van der Waals surface area (Å²) in [6, 6.07) is 15.0. The van der Waals surface area contributed by atoms with E-state index in [4.69, 9.17) is 46.4 Å². The summed E-state index contributed by atoms with van der Waals surface area (Å²) in [6.07, 6.45) is -2.16. The van der Waals surface area contributed by atoms with E-state index in [1.54, 1.807) is 56.0 Å². The van der Waals surface area contributed by atoms with Crippen LogP contribution in [0.2, 0.25) is 0 Å². The molecular formula is C64H96FN9O14S. The molecule has 0 spiro atoms. The smallest absolute Gasteiger partial charge is 0.352 e. The number of aliphatic hydroxyl groups is 2. The van der Waals surface area contributed by atoms with Gasteiger partial charge in [-0.05, 0) is 97.6 Å². The molecule has 2 aromatic carbocycles. The van der Waals surface area contributed by atoms with E-state index in [0.717, 1.165) is 24.0 Å². The molecular weight excluding hydrogens is 1170 g/mol. The summed E-state index contributed by atoms with van der Waals surface area (Å²) < 4.78 is 36.2. The molecule has 6 atom stereocenters. The van der Waals surface area contributed by atoms with Gasteiger partial charge in [-0.1, -0.05) is 115 Å². The Morgan fingerprint density at radius 2 is 1.42 bits per heavy atom. The van der Waals surface area contributed by atoms with Gasteiger partial charge in [-0.15, -0.1) is 0 Å². The van der Waals surface area contributed by atoms with Crippen molar-refractivity contribution in [3.05, 3.63) is 87.7 Å². The molecule has 3 aliphatic rings. The van der Waals surface area contributed by atoms with Crippen LogP contribution < -0.4 is 42.2 Å². The summed E-state index contributed by atoms with van der Waals surface area (Å²) in [6.45, 7) is 26.1. The van der Waals surface area contributed by atoms with Gasteiger partial charge in [0.25, 0.3) is 5.56 Å². The molecule has 8 N–H and O–H groups in total. The molecule has 3 aliphatic heterocycles. The third kappa shape index (κ3) is 24.4. The van der Waals surface area contributed by atoms with Gasteiger partial charge in [-0.2, -0.15) is 0 Å². The van der Waals surface area contributed by atoms with E-state index in [-0.39, 0.29) is 62.4 Å². The zero-order valence-corrected chi connectivity index (χ0v) is 55.2. The van der Waals surface area contributed by atoms with E-state index in [1.807, 2.05) is 85.7 Å². The highest BCUT2D eigenvalue weighted by Crippen LogP contribution is 2.36. The Kier molecular flexibility index (Phi) is 34.9. The minimum Gasteiger partial charge on any atom is -0.468 e. The standard InChI is InChI=1S/C53H64FN9O13S.C4H10.3C2H6.CH4O/c1-28(2)17-38(60-49(69)39-11-8-16-62(39)53(77)58-33-12-14-34(15-13-33)75-27-73-25-30(5)18-41(54)64)48(68)57-22-43(66)55-21-42(65)56-23-44(67)61-45(29(3)4)51(71)76-47-35-20-40-46-32(19-31-9-6-7-10-37(31)59-46)24-63(40)50(70)36(35)26-74-52(47)72;1-4(2)3;4*1-2/h6-7,9-10,12-15,19-20,28-30,38-39,41,45,47,64H,8,11,16-18,21-27H2,1-5H3,(H,55,66)(H,56,65)(H,57,68)(H,58,77)(H,60,69)(H,61,67);4H,1-3H3;3*1-2H3;2H,1H3/t30-,38-,39?,41?,45?,47?;;;;;/m0...../s1. The number of benzene rings is 2. The molecule has 4 aromatic rings. The largest absolute Gasteiger partial charge is 0.468 e. The molecule has 494 valence electrons. The van der Waals surface area contributed by atoms with Crippen molar-refractivity contribution < 1.29 is 67.1 Å². The molecule has 0 saturated carbocycles. The van der Waals surface area contributed by atoms with Gasteiger partial charge in [0.15, 0.2) is 18.3 Å². The fourth-order valence-corrected chi connectivity index (χ4v) is 9.43. The number of anilines is 1. The average Bonchev–Trinajstić information content (AvgIpc) is 1.89. The molecule has 1 saturated heterocycles. The van der Waals surface area contributed by atoms with Crippen molar-refractivity contribution >= 4 is 75.4 Å². The van der Waals surface area contributed by atoms with Crippen molar-refractivity contribution in [2.24, 2.45) is 23.7 Å². The number of nitrogens with one attached hydrogen (secondary N) is 6. The second-order valence-corrected chi connectivity index (χ2v) is 22.1. The molecule has 23 nitrogen and oxygen atoms in total. The highest BCUT2D eigenvalue weighted by molar-refractivity contribution is 7.80. The van der Waals surface area contributed by atoms with E-state index in [1.165, 1.54) is 4.57 Å². The molecule has 89 heavy (non-hydrogen) atoms. The first-order valence-electron chi connectivity index (χ1n) is 30.6. The number of rotatable bonds is 23. The molecule has 5 amide bonds. The summed E-state index contributed by atoms with van der Waals surface area (Å²) in [5.74, 6) is -4.64. The number of para-hydroxylation sites is 1. The van der Waals surface area contributed by atoms with Crippen LogP contribution in [0.15, 0.2) is 65.5 Å². The van der Waals surface area contributed by atoms with Crippen molar-refractivity contribution in [1.82, 2.24) is 41.0 Å². The number of fused-ring (bicyclic) bond motifs is 5. The van der Waals surface area contributed by atoms with Gasteiger partial charge in [-0.25, -0.2) is 19.0 Å².